The second-order valence-corrected chi connectivity index (χ2v) is 11.4. The quantitative estimate of drug-likeness (QED) is 0.223. The number of hydrogen-bond acceptors (Lipinski definition) is 5. The maximum absolute atomic E-state index is 14.1. The van der Waals surface area contributed by atoms with Crippen LogP contribution in [0.25, 0.3) is 0 Å². The standard InChI is InChI=1S/C30H51N3O5/c1-8-10-12-14-20-33(28(36)25(21-22(3)4)32-29(37)38-30(5,6)7)26(23-15-17-24(34)18-16-23)27(35)31-19-13-11-9-2/h15-18,22,25-26,34H,8-14,19-21H2,1-7H3,(H,31,35)(H,32,37). The molecule has 8 heteroatoms. The number of amides is 3. The molecule has 0 aromatic heterocycles. The molecule has 0 bridgehead atoms. The van der Waals surface area contributed by atoms with Crippen LogP contribution in [0, 0.1) is 5.92 Å². The van der Waals surface area contributed by atoms with Gasteiger partial charge in [0, 0.05) is 13.1 Å². The second kappa shape index (κ2) is 16.9. The van der Waals surface area contributed by atoms with Crippen molar-refractivity contribution in [1.29, 1.82) is 0 Å². The molecule has 2 unspecified atom stereocenters. The summed E-state index contributed by atoms with van der Waals surface area (Å²) in [4.78, 5) is 42.0. The van der Waals surface area contributed by atoms with E-state index < -0.39 is 23.8 Å². The van der Waals surface area contributed by atoms with Gasteiger partial charge in [-0.3, -0.25) is 9.59 Å². The first-order valence-corrected chi connectivity index (χ1v) is 14.3. The van der Waals surface area contributed by atoms with Crippen LogP contribution < -0.4 is 10.6 Å². The van der Waals surface area contributed by atoms with Gasteiger partial charge < -0.3 is 25.4 Å². The molecule has 216 valence electrons. The minimum absolute atomic E-state index is 0.0842. The van der Waals surface area contributed by atoms with Crippen LogP contribution in [0.3, 0.4) is 0 Å². The van der Waals surface area contributed by atoms with Gasteiger partial charge in [-0.1, -0.05) is 71.9 Å². The fourth-order valence-electron chi connectivity index (χ4n) is 4.23. The number of aromatic hydroxyl groups is 1. The van der Waals surface area contributed by atoms with Gasteiger partial charge in [0.05, 0.1) is 0 Å². The fraction of sp³-hybridized carbons (Fsp3) is 0.700. The summed E-state index contributed by atoms with van der Waals surface area (Å²) < 4.78 is 5.45. The smallest absolute Gasteiger partial charge is 0.408 e. The molecule has 0 saturated carbocycles. The summed E-state index contributed by atoms with van der Waals surface area (Å²) in [7, 11) is 0. The van der Waals surface area contributed by atoms with Gasteiger partial charge in [0.15, 0.2) is 0 Å². The molecule has 0 fully saturated rings. The molecule has 0 aliphatic rings. The number of hydrogen-bond donors (Lipinski definition) is 3. The summed E-state index contributed by atoms with van der Waals surface area (Å²) in [5.41, 5.74) is -0.0948. The number of benzene rings is 1. The van der Waals surface area contributed by atoms with Gasteiger partial charge in [0.1, 0.15) is 23.4 Å². The van der Waals surface area contributed by atoms with E-state index in [4.69, 9.17) is 4.74 Å². The number of unbranched alkanes of at least 4 members (excludes halogenated alkanes) is 5. The van der Waals surface area contributed by atoms with E-state index in [-0.39, 0.29) is 23.5 Å². The van der Waals surface area contributed by atoms with Gasteiger partial charge in [-0.05, 0) is 63.6 Å². The monoisotopic (exact) mass is 533 g/mol. The van der Waals surface area contributed by atoms with E-state index in [1.165, 1.54) is 12.1 Å². The molecule has 0 spiro atoms. The topological polar surface area (TPSA) is 108 Å². The van der Waals surface area contributed by atoms with Gasteiger partial charge in [0.2, 0.25) is 11.8 Å². The molecule has 0 heterocycles. The molecule has 0 saturated heterocycles. The Kier molecular flexibility index (Phi) is 14.8. The van der Waals surface area contributed by atoms with Crippen molar-refractivity contribution in [2.24, 2.45) is 5.92 Å². The molecular weight excluding hydrogens is 482 g/mol. The van der Waals surface area contributed by atoms with E-state index in [0.29, 0.717) is 25.1 Å². The van der Waals surface area contributed by atoms with Crippen LogP contribution in [0.1, 0.15) is 111 Å². The highest BCUT2D eigenvalue weighted by Crippen LogP contribution is 2.26. The lowest BCUT2D eigenvalue weighted by molar-refractivity contribution is -0.143. The van der Waals surface area contributed by atoms with Gasteiger partial charge in [-0.2, -0.15) is 0 Å². The Balaban J connectivity index is 3.40. The van der Waals surface area contributed by atoms with E-state index in [0.717, 1.165) is 44.9 Å². The maximum Gasteiger partial charge on any atom is 0.408 e. The zero-order valence-corrected chi connectivity index (χ0v) is 24.6. The number of carbonyl (C=O) groups excluding carboxylic acids is 3. The first-order chi connectivity index (χ1) is 17.9. The number of rotatable bonds is 16. The molecule has 3 N–H and O–H groups in total. The minimum Gasteiger partial charge on any atom is -0.508 e. The van der Waals surface area contributed by atoms with Gasteiger partial charge >= 0.3 is 6.09 Å². The van der Waals surface area contributed by atoms with Crippen molar-refractivity contribution < 1.29 is 24.2 Å². The number of alkyl carbamates (subject to hydrolysis) is 1. The van der Waals surface area contributed by atoms with Crippen molar-refractivity contribution in [2.45, 2.75) is 118 Å². The van der Waals surface area contributed by atoms with Crippen molar-refractivity contribution in [3.05, 3.63) is 29.8 Å². The number of nitrogens with one attached hydrogen (secondary N) is 2. The molecule has 0 aliphatic carbocycles. The van der Waals surface area contributed by atoms with E-state index in [2.05, 4.69) is 24.5 Å². The molecule has 38 heavy (non-hydrogen) atoms. The van der Waals surface area contributed by atoms with Crippen molar-refractivity contribution in [3.63, 3.8) is 0 Å². The van der Waals surface area contributed by atoms with Crippen molar-refractivity contribution in [2.75, 3.05) is 13.1 Å². The van der Waals surface area contributed by atoms with Crippen LogP contribution in [0.2, 0.25) is 0 Å². The average Bonchev–Trinajstić information content (AvgIpc) is 2.82. The highest BCUT2D eigenvalue weighted by atomic mass is 16.6. The molecule has 2 atom stereocenters. The van der Waals surface area contributed by atoms with Crippen LogP contribution in [-0.4, -0.2) is 52.6 Å². The zero-order valence-electron chi connectivity index (χ0n) is 24.6. The third kappa shape index (κ3) is 12.7. The van der Waals surface area contributed by atoms with Gasteiger partial charge in [0.25, 0.3) is 0 Å². The van der Waals surface area contributed by atoms with Crippen LogP contribution in [-0.2, 0) is 14.3 Å². The third-order valence-electron chi connectivity index (χ3n) is 6.08. The van der Waals surface area contributed by atoms with Crippen LogP contribution >= 0.6 is 0 Å². The summed E-state index contributed by atoms with van der Waals surface area (Å²) in [6, 6.07) is 4.67. The summed E-state index contributed by atoms with van der Waals surface area (Å²) in [6.07, 6.45) is 6.37. The lowest BCUT2D eigenvalue weighted by Gasteiger charge is -2.35. The summed E-state index contributed by atoms with van der Waals surface area (Å²) in [5.74, 6) is -0.379. The number of phenolic OH excluding ortho intramolecular Hbond substituents is 1. The molecule has 8 nitrogen and oxygen atoms in total. The Morgan fingerprint density at radius 1 is 0.947 bits per heavy atom. The SMILES string of the molecule is CCCCCCN(C(=O)C(CC(C)C)NC(=O)OC(C)(C)C)C(C(=O)NCCCCC)c1ccc(O)cc1. The molecule has 1 aromatic rings. The number of nitrogens with zero attached hydrogens (tertiary/aromatic N) is 1. The van der Waals surface area contributed by atoms with Crippen molar-refractivity contribution in [3.8, 4) is 5.75 Å². The van der Waals surface area contributed by atoms with Crippen molar-refractivity contribution >= 4 is 17.9 Å². The summed E-state index contributed by atoms with van der Waals surface area (Å²) in [5, 5.41) is 15.7. The van der Waals surface area contributed by atoms with E-state index in [1.807, 2.05) is 13.8 Å². The average molecular weight is 534 g/mol. The molecule has 0 radical (unpaired) electrons. The number of carbonyl (C=O) groups is 3. The summed E-state index contributed by atoms with van der Waals surface area (Å²) in [6.45, 7) is 14.4. The van der Waals surface area contributed by atoms with Crippen LogP contribution in [0.5, 0.6) is 5.75 Å². The van der Waals surface area contributed by atoms with E-state index in [9.17, 15) is 19.5 Å². The Morgan fingerprint density at radius 3 is 2.11 bits per heavy atom. The normalized spacial score (nSPS) is 13.1. The lowest BCUT2D eigenvalue weighted by Crippen LogP contribution is -2.53. The lowest BCUT2D eigenvalue weighted by atomic mass is 9.98. The minimum atomic E-state index is -0.888. The predicted molar refractivity (Wildman–Crippen MR) is 152 cm³/mol. The third-order valence-corrected chi connectivity index (χ3v) is 6.08. The Morgan fingerprint density at radius 2 is 1.55 bits per heavy atom. The molecule has 3 amide bonds. The van der Waals surface area contributed by atoms with Crippen LogP contribution in [0.15, 0.2) is 24.3 Å². The second-order valence-electron chi connectivity index (χ2n) is 11.4. The fourth-order valence-corrected chi connectivity index (χ4v) is 4.23. The predicted octanol–water partition coefficient (Wildman–Crippen LogP) is 6.09. The maximum atomic E-state index is 14.1. The Hall–Kier alpha value is -2.77. The highest BCUT2D eigenvalue weighted by molar-refractivity contribution is 5.92. The van der Waals surface area contributed by atoms with E-state index >= 15 is 0 Å². The highest BCUT2D eigenvalue weighted by Gasteiger charge is 2.36. The van der Waals surface area contributed by atoms with E-state index in [1.54, 1.807) is 37.8 Å². The first-order valence-electron chi connectivity index (χ1n) is 14.3. The number of phenols is 1. The largest absolute Gasteiger partial charge is 0.508 e. The first kappa shape index (κ1) is 33.3. The van der Waals surface area contributed by atoms with Gasteiger partial charge in [-0.15, -0.1) is 0 Å². The molecule has 1 rings (SSSR count). The zero-order chi connectivity index (χ0) is 28.7. The number of ether oxygens (including phenoxy) is 1. The molecular formula is C30H51N3O5. The Bertz CT molecular complexity index is 848. The van der Waals surface area contributed by atoms with Gasteiger partial charge in [-0.25, -0.2) is 4.79 Å². The van der Waals surface area contributed by atoms with Crippen LogP contribution in [0.4, 0.5) is 4.79 Å². The molecule has 1 aromatic carbocycles. The molecule has 0 aliphatic heterocycles. The summed E-state index contributed by atoms with van der Waals surface area (Å²) >= 11 is 0. The van der Waals surface area contributed by atoms with Crippen molar-refractivity contribution in [1.82, 2.24) is 15.5 Å². The Labute approximate surface area is 229 Å².